The van der Waals surface area contributed by atoms with Gasteiger partial charge in [0.1, 0.15) is 18.1 Å². The molecule has 0 amide bonds. The van der Waals surface area contributed by atoms with E-state index in [4.69, 9.17) is 11.6 Å². The fourth-order valence-corrected chi connectivity index (χ4v) is 2.46. The minimum atomic E-state index is -0.351. The smallest absolute Gasteiger partial charge is 0.148 e. The molecule has 0 spiro atoms. The van der Waals surface area contributed by atoms with E-state index in [1.165, 1.54) is 0 Å². The van der Waals surface area contributed by atoms with Gasteiger partial charge in [0.2, 0.25) is 0 Å². The number of pyridine rings is 1. The lowest BCUT2D eigenvalue weighted by Crippen LogP contribution is -2.40. The largest absolute Gasteiger partial charge is 0.303 e. The molecule has 0 fully saturated rings. The Balaban J connectivity index is 1.78. The molecule has 2 heterocycles. The third-order valence-corrected chi connectivity index (χ3v) is 3.65. The molecule has 2 aromatic rings. The van der Waals surface area contributed by atoms with Crippen LogP contribution in [0.1, 0.15) is 5.56 Å². The molecule has 1 aromatic heterocycles. The Bertz CT molecular complexity index is 655. The number of anilines is 1. The van der Waals surface area contributed by atoms with Crippen LogP contribution in [0.15, 0.2) is 60.4 Å². The molecule has 3 rings (SSSR count). The van der Waals surface area contributed by atoms with Crippen LogP contribution < -0.4 is 10.4 Å². The molecule has 0 saturated carbocycles. The van der Waals surface area contributed by atoms with Crippen molar-refractivity contribution in [3.8, 4) is 0 Å². The van der Waals surface area contributed by atoms with Crippen molar-refractivity contribution in [2.75, 3.05) is 5.01 Å². The maximum Gasteiger partial charge on any atom is 0.148 e. The van der Waals surface area contributed by atoms with E-state index in [1.807, 2.05) is 48.7 Å². The summed E-state index contributed by atoms with van der Waals surface area (Å²) in [6.07, 6.45) is 5.19. The molecular formula is C16H14ClN3O. The summed E-state index contributed by atoms with van der Waals surface area (Å²) in [7, 11) is 0. The second-order valence-electron chi connectivity index (χ2n) is 4.79. The third kappa shape index (κ3) is 2.90. The summed E-state index contributed by atoms with van der Waals surface area (Å²) in [5.74, 6) is 0.719. The lowest BCUT2D eigenvalue weighted by molar-refractivity contribution is -0.108. The van der Waals surface area contributed by atoms with Crippen LogP contribution in [-0.4, -0.2) is 17.3 Å². The van der Waals surface area contributed by atoms with Gasteiger partial charge in [-0.05, 0) is 41.8 Å². The molecule has 1 atom stereocenters. The first-order chi connectivity index (χ1) is 10.3. The van der Waals surface area contributed by atoms with E-state index in [9.17, 15) is 4.79 Å². The molecule has 0 saturated heterocycles. The Kier molecular flexibility index (Phi) is 3.88. The summed E-state index contributed by atoms with van der Waals surface area (Å²) in [6.45, 7) is 0. The van der Waals surface area contributed by atoms with Gasteiger partial charge in [-0.2, -0.15) is 0 Å². The number of aldehydes is 1. The van der Waals surface area contributed by atoms with Gasteiger partial charge in [0.05, 0.1) is 0 Å². The van der Waals surface area contributed by atoms with Crippen molar-refractivity contribution in [3.05, 3.63) is 71.0 Å². The fraction of sp³-hybridized carbons (Fsp3) is 0.125. The quantitative estimate of drug-likeness (QED) is 0.882. The zero-order chi connectivity index (χ0) is 14.7. The van der Waals surface area contributed by atoms with Gasteiger partial charge in [-0.15, -0.1) is 0 Å². The van der Waals surface area contributed by atoms with Crippen LogP contribution in [0.4, 0.5) is 5.82 Å². The number of hydrogen-bond donors (Lipinski definition) is 1. The van der Waals surface area contributed by atoms with Crippen LogP contribution in [0.3, 0.4) is 0 Å². The van der Waals surface area contributed by atoms with Crippen LogP contribution in [0, 0.1) is 0 Å². The molecule has 4 nitrogen and oxygen atoms in total. The van der Waals surface area contributed by atoms with Gasteiger partial charge in [-0.3, -0.25) is 5.01 Å². The number of rotatable bonds is 4. The number of aromatic nitrogens is 1. The van der Waals surface area contributed by atoms with Crippen LogP contribution in [0.2, 0.25) is 5.02 Å². The van der Waals surface area contributed by atoms with Gasteiger partial charge in [-0.25, -0.2) is 4.98 Å². The Hall–Kier alpha value is -2.33. The highest BCUT2D eigenvalue weighted by Crippen LogP contribution is 2.23. The molecule has 1 aromatic carbocycles. The van der Waals surface area contributed by atoms with Crippen molar-refractivity contribution in [2.24, 2.45) is 0 Å². The number of benzene rings is 1. The summed E-state index contributed by atoms with van der Waals surface area (Å²) >= 11 is 5.89. The fourth-order valence-electron chi connectivity index (χ4n) is 2.33. The zero-order valence-electron chi connectivity index (χ0n) is 11.2. The average Bonchev–Trinajstić information content (AvgIpc) is 2.93. The highest BCUT2D eigenvalue weighted by atomic mass is 35.5. The highest BCUT2D eigenvalue weighted by Gasteiger charge is 2.28. The van der Waals surface area contributed by atoms with Crippen molar-refractivity contribution in [1.82, 2.24) is 10.4 Å². The van der Waals surface area contributed by atoms with E-state index < -0.39 is 0 Å². The van der Waals surface area contributed by atoms with E-state index in [0.29, 0.717) is 11.4 Å². The summed E-state index contributed by atoms with van der Waals surface area (Å²) in [5, 5.41) is 2.47. The van der Waals surface area contributed by atoms with Gasteiger partial charge in [0.25, 0.3) is 0 Å². The Morgan fingerprint density at radius 3 is 2.71 bits per heavy atom. The molecule has 5 heteroatoms. The topological polar surface area (TPSA) is 45.2 Å². The molecule has 0 radical (unpaired) electrons. The lowest BCUT2D eigenvalue weighted by Gasteiger charge is -2.23. The standard InChI is InChI=1S/C16H14ClN3O/c17-14-6-4-12(5-7-14)9-13-10-19-20(15(13)11-21)16-3-1-2-8-18-16/h1-8,10-11,15,19H,9H2. The predicted molar refractivity (Wildman–Crippen MR) is 82.9 cm³/mol. The van der Waals surface area contributed by atoms with Crippen LogP contribution in [-0.2, 0) is 11.2 Å². The van der Waals surface area contributed by atoms with Gasteiger partial charge >= 0.3 is 0 Å². The summed E-state index contributed by atoms with van der Waals surface area (Å²) in [4.78, 5) is 15.7. The number of carbonyl (C=O) groups excluding carboxylic acids is 1. The second kappa shape index (κ2) is 5.97. The van der Waals surface area contributed by atoms with Crippen molar-refractivity contribution < 1.29 is 4.79 Å². The van der Waals surface area contributed by atoms with Crippen molar-refractivity contribution >= 4 is 23.7 Å². The van der Waals surface area contributed by atoms with Gasteiger partial charge < -0.3 is 10.2 Å². The van der Waals surface area contributed by atoms with Crippen LogP contribution >= 0.6 is 11.6 Å². The first-order valence-corrected chi connectivity index (χ1v) is 7.01. The van der Waals surface area contributed by atoms with Crippen molar-refractivity contribution in [3.63, 3.8) is 0 Å². The zero-order valence-corrected chi connectivity index (χ0v) is 12.0. The Morgan fingerprint density at radius 2 is 2.05 bits per heavy atom. The van der Waals surface area contributed by atoms with Gasteiger partial charge in [0, 0.05) is 17.4 Å². The van der Waals surface area contributed by atoms with Crippen LogP contribution in [0.25, 0.3) is 0 Å². The van der Waals surface area contributed by atoms with E-state index in [0.717, 1.165) is 23.2 Å². The molecule has 0 bridgehead atoms. The molecule has 106 valence electrons. The third-order valence-electron chi connectivity index (χ3n) is 3.39. The molecule has 1 N–H and O–H groups in total. The van der Waals surface area contributed by atoms with Gasteiger partial charge in [-0.1, -0.05) is 29.8 Å². The molecular weight excluding hydrogens is 286 g/mol. The number of halogens is 1. The molecule has 21 heavy (non-hydrogen) atoms. The first-order valence-electron chi connectivity index (χ1n) is 6.63. The van der Waals surface area contributed by atoms with E-state index in [1.54, 1.807) is 11.2 Å². The summed E-state index contributed by atoms with van der Waals surface area (Å²) < 4.78 is 0. The minimum absolute atomic E-state index is 0.351. The summed E-state index contributed by atoms with van der Waals surface area (Å²) in [6, 6.07) is 12.9. The van der Waals surface area contributed by atoms with Crippen LogP contribution in [0.5, 0.6) is 0 Å². The maximum absolute atomic E-state index is 11.5. The van der Waals surface area contributed by atoms with Gasteiger partial charge in [0.15, 0.2) is 0 Å². The van der Waals surface area contributed by atoms with Crippen molar-refractivity contribution in [2.45, 2.75) is 12.5 Å². The minimum Gasteiger partial charge on any atom is -0.303 e. The SMILES string of the molecule is O=CC1C(Cc2ccc(Cl)cc2)=CNN1c1ccccn1. The number of carbonyl (C=O) groups is 1. The lowest BCUT2D eigenvalue weighted by atomic mass is 10.0. The van der Waals surface area contributed by atoms with E-state index >= 15 is 0 Å². The average molecular weight is 300 g/mol. The normalized spacial score (nSPS) is 17.3. The second-order valence-corrected chi connectivity index (χ2v) is 5.23. The summed E-state index contributed by atoms with van der Waals surface area (Å²) in [5.41, 5.74) is 5.22. The van der Waals surface area contributed by atoms with E-state index in [2.05, 4.69) is 10.4 Å². The highest BCUT2D eigenvalue weighted by molar-refractivity contribution is 6.30. The Labute approximate surface area is 128 Å². The number of nitrogens with zero attached hydrogens (tertiary/aromatic N) is 2. The monoisotopic (exact) mass is 299 g/mol. The first kappa shape index (κ1) is 13.6. The Morgan fingerprint density at radius 1 is 1.24 bits per heavy atom. The van der Waals surface area contributed by atoms with Crippen molar-refractivity contribution in [1.29, 1.82) is 0 Å². The number of nitrogens with one attached hydrogen (secondary N) is 1. The maximum atomic E-state index is 11.5. The molecule has 1 aliphatic heterocycles. The molecule has 1 unspecified atom stereocenters. The number of hydrazine groups is 1. The predicted octanol–water partition coefficient (Wildman–Crippen LogP) is 2.75. The van der Waals surface area contributed by atoms with E-state index in [-0.39, 0.29) is 6.04 Å². The molecule has 1 aliphatic rings. The molecule has 0 aliphatic carbocycles. The number of hydrogen-bond acceptors (Lipinski definition) is 4.